The number of carbonyl (C=O) groups excluding carboxylic acids is 1. The van der Waals surface area contributed by atoms with Gasteiger partial charge < -0.3 is 9.42 Å². The number of nitrogens with one attached hydrogen (secondary N) is 1. The fraction of sp³-hybridized carbons (Fsp3) is 0.533. The van der Waals surface area contributed by atoms with E-state index in [-0.39, 0.29) is 6.03 Å². The van der Waals surface area contributed by atoms with Gasteiger partial charge in [0.2, 0.25) is 0 Å². The summed E-state index contributed by atoms with van der Waals surface area (Å²) >= 11 is 1.78. The van der Waals surface area contributed by atoms with Gasteiger partial charge in [0.15, 0.2) is 5.82 Å². The van der Waals surface area contributed by atoms with Gasteiger partial charge >= 0.3 is 6.03 Å². The fourth-order valence-electron chi connectivity index (χ4n) is 2.82. The molecule has 0 aromatic carbocycles. The first-order chi connectivity index (χ1) is 10.5. The summed E-state index contributed by atoms with van der Waals surface area (Å²) in [5, 5.41) is 7.67. The van der Waals surface area contributed by atoms with Crippen LogP contribution in [0.15, 0.2) is 10.8 Å². The summed E-state index contributed by atoms with van der Waals surface area (Å²) < 4.78 is 4.83. The lowest BCUT2D eigenvalue weighted by atomic mass is 9.91. The molecule has 2 aromatic rings. The van der Waals surface area contributed by atoms with Gasteiger partial charge in [0.25, 0.3) is 0 Å². The van der Waals surface area contributed by atoms with Gasteiger partial charge in [0.05, 0.1) is 10.7 Å². The molecule has 2 aromatic heterocycles. The molecule has 118 valence electrons. The molecule has 1 unspecified atom stereocenters. The molecule has 1 atom stereocenters. The quantitative estimate of drug-likeness (QED) is 0.941. The van der Waals surface area contributed by atoms with Crippen molar-refractivity contribution in [2.45, 2.75) is 39.0 Å². The highest BCUT2D eigenvalue weighted by molar-refractivity contribution is 7.11. The van der Waals surface area contributed by atoms with Gasteiger partial charge in [0, 0.05) is 30.0 Å². The first kappa shape index (κ1) is 15.0. The van der Waals surface area contributed by atoms with Crippen molar-refractivity contribution in [2.75, 3.05) is 18.9 Å². The number of urea groups is 1. The Bertz CT molecular complexity index is 679. The summed E-state index contributed by atoms with van der Waals surface area (Å²) in [6, 6.07) is -0.170. The van der Waals surface area contributed by atoms with Crippen LogP contribution in [0.4, 0.5) is 10.6 Å². The standard InChI is InChI=1S/C15H20N4O2S/c1-9-8-21-18-14(9)17-15(20)19(3)7-11-5-4-6-12-13(11)16-10(2)22-12/h8,11H,4-7H2,1-3H3,(H,17,18,20). The van der Waals surface area contributed by atoms with Crippen molar-refractivity contribution < 1.29 is 9.32 Å². The van der Waals surface area contributed by atoms with Gasteiger partial charge in [-0.15, -0.1) is 11.3 Å². The van der Waals surface area contributed by atoms with Crippen molar-refractivity contribution in [1.82, 2.24) is 15.0 Å². The molecule has 7 heteroatoms. The van der Waals surface area contributed by atoms with Crippen molar-refractivity contribution in [2.24, 2.45) is 0 Å². The molecule has 0 saturated heterocycles. The zero-order valence-electron chi connectivity index (χ0n) is 13.0. The number of anilines is 1. The average Bonchev–Trinajstić information content (AvgIpc) is 3.05. The lowest BCUT2D eigenvalue weighted by molar-refractivity contribution is 0.217. The Labute approximate surface area is 133 Å². The number of thiazole rings is 1. The molecule has 1 aliphatic rings. The van der Waals surface area contributed by atoms with E-state index in [4.69, 9.17) is 4.52 Å². The number of likely N-dealkylation sites (N-methyl/N-ethyl adjacent to an activating group) is 1. The van der Waals surface area contributed by atoms with Crippen LogP contribution in [-0.4, -0.2) is 34.7 Å². The van der Waals surface area contributed by atoms with Gasteiger partial charge in [-0.3, -0.25) is 5.32 Å². The molecule has 3 rings (SSSR count). The maximum absolute atomic E-state index is 12.3. The smallest absolute Gasteiger partial charge is 0.322 e. The van der Waals surface area contributed by atoms with Crippen molar-refractivity contribution >= 4 is 23.2 Å². The minimum atomic E-state index is -0.170. The normalized spacial score (nSPS) is 17.1. The topological polar surface area (TPSA) is 71.3 Å². The van der Waals surface area contributed by atoms with Crippen molar-refractivity contribution in [3.63, 3.8) is 0 Å². The maximum atomic E-state index is 12.3. The highest BCUT2D eigenvalue weighted by atomic mass is 32.1. The third kappa shape index (κ3) is 2.99. The lowest BCUT2D eigenvalue weighted by Crippen LogP contribution is -2.35. The van der Waals surface area contributed by atoms with Gasteiger partial charge in [-0.25, -0.2) is 9.78 Å². The number of carbonyl (C=O) groups is 1. The Hall–Kier alpha value is -1.89. The molecule has 6 nitrogen and oxygen atoms in total. The van der Waals surface area contributed by atoms with Gasteiger partial charge in [-0.1, -0.05) is 5.16 Å². The third-order valence-electron chi connectivity index (χ3n) is 3.99. The van der Waals surface area contributed by atoms with E-state index < -0.39 is 0 Å². The number of hydrogen-bond donors (Lipinski definition) is 1. The van der Waals surface area contributed by atoms with Crippen LogP contribution in [0.5, 0.6) is 0 Å². The van der Waals surface area contributed by atoms with E-state index in [1.807, 2.05) is 13.8 Å². The largest absolute Gasteiger partial charge is 0.362 e. The van der Waals surface area contributed by atoms with Crippen molar-refractivity contribution in [1.29, 1.82) is 0 Å². The number of aryl methyl sites for hydroxylation is 3. The van der Waals surface area contributed by atoms with E-state index >= 15 is 0 Å². The van der Waals surface area contributed by atoms with E-state index in [0.29, 0.717) is 18.3 Å². The Morgan fingerprint density at radius 3 is 3.09 bits per heavy atom. The molecular formula is C15H20N4O2S. The minimum absolute atomic E-state index is 0.170. The molecule has 2 amide bonds. The van der Waals surface area contributed by atoms with Gasteiger partial charge in [-0.2, -0.15) is 0 Å². The van der Waals surface area contributed by atoms with Crippen LogP contribution in [0, 0.1) is 13.8 Å². The molecule has 0 radical (unpaired) electrons. The second-order valence-electron chi connectivity index (χ2n) is 5.79. The van der Waals surface area contributed by atoms with E-state index in [2.05, 4.69) is 15.5 Å². The van der Waals surface area contributed by atoms with Crippen LogP contribution >= 0.6 is 11.3 Å². The fourth-order valence-corrected chi connectivity index (χ4v) is 3.89. The molecule has 1 aliphatic carbocycles. The first-order valence-electron chi connectivity index (χ1n) is 7.44. The van der Waals surface area contributed by atoms with Crippen LogP contribution in [0.25, 0.3) is 0 Å². The predicted octanol–water partition coefficient (Wildman–Crippen LogP) is 3.33. The Morgan fingerprint density at radius 1 is 1.55 bits per heavy atom. The second kappa shape index (κ2) is 6.08. The second-order valence-corrected chi connectivity index (χ2v) is 7.08. The van der Waals surface area contributed by atoms with Crippen LogP contribution in [0.1, 0.15) is 39.9 Å². The number of aromatic nitrogens is 2. The summed E-state index contributed by atoms with van der Waals surface area (Å²) in [5.74, 6) is 0.800. The highest BCUT2D eigenvalue weighted by Gasteiger charge is 2.26. The van der Waals surface area contributed by atoms with Crippen LogP contribution in [-0.2, 0) is 6.42 Å². The Balaban J connectivity index is 1.66. The van der Waals surface area contributed by atoms with E-state index in [1.54, 1.807) is 23.3 Å². The van der Waals surface area contributed by atoms with E-state index in [1.165, 1.54) is 16.8 Å². The van der Waals surface area contributed by atoms with Gasteiger partial charge in [0.1, 0.15) is 6.26 Å². The lowest BCUT2D eigenvalue weighted by Gasteiger charge is -2.26. The molecule has 0 fully saturated rings. The van der Waals surface area contributed by atoms with Gasteiger partial charge in [-0.05, 0) is 33.1 Å². The molecule has 22 heavy (non-hydrogen) atoms. The molecule has 2 heterocycles. The Kier molecular flexibility index (Phi) is 4.15. The monoisotopic (exact) mass is 320 g/mol. The Morgan fingerprint density at radius 2 is 2.36 bits per heavy atom. The van der Waals surface area contributed by atoms with E-state index in [0.717, 1.165) is 29.8 Å². The summed E-state index contributed by atoms with van der Waals surface area (Å²) in [4.78, 5) is 20.0. The highest BCUT2D eigenvalue weighted by Crippen LogP contribution is 2.35. The molecule has 0 spiro atoms. The van der Waals surface area contributed by atoms with Crippen LogP contribution in [0.2, 0.25) is 0 Å². The number of hydrogen-bond acceptors (Lipinski definition) is 5. The van der Waals surface area contributed by atoms with Crippen LogP contribution in [0.3, 0.4) is 0 Å². The summed E-state index contributed by atoms with van der Waals surface area (Å²) in [7, 11) is 1.80. The van der Waals surface area contributed by atoms with Crippen molar-refractivity contribution in [3.05, 3.63) is 27.4 Å². The number of nitrogens with zero attached hydrogens (tertiary/aromatic N) is 3. The van der Waals surface area contributed by atoms with Crippen LogP contribution < -0.4 is 5.32 Å². The third-order valence-corrected chi connectivity index (χ3v) is 5.04. The zero-order valence-corrected chi connectivity index (χ0v) is 13.9. The summed E-state index contributed by atoms with van der Waals surface area (Å²) in [6.07, 6.45) is 4.88. The molecule has 0 aliphatic heterocycles. The number of fused-ring (bicyclic) bond motifs is 1. The summed E-state index contributed by atoms with van der Waals surface area (Å²) in [5.41, 5.74) is 2.00. The molecule has 0 saturated carbocycles. The maximum Gasteiger partial charge on any atom is 0.322 e. The number of amides is 2. The first-order valence-corrected chi connectivity index (χ1v) is 8.25. The average molecular weight is 320 g/mol. The number of rotatable bonds is 3. The van der Waals surface area contributed by atoms with E-state index in [9.17, 15) is 4.79 Å². The van der Waals surface area contributed by atoms with Crippen molar-refractivity contribution in [3.8, 4) is 0 Å². The molecular weight excluding hydrogens is 300 g/mol. The predicted molar refractivity (Wildman–Crippen MR) is 85.4 cm³/mol. The molecule has 0 bridgehead atoms. The summed E-state index contributed by atoms with van der Waals surface area (Å²) in [6.45, 7) is 4.56. The zero-order chi connectivity index (χ0) is 15.7. The molecule has 1 N–H and O–H groups in total. The SMILES string of the molecule is Cc1nc2c(s1)CCCC2CN(C)C(=O)Nc1nocc1C. The minimum Gasteiger partial charge on any atom is -0.362 e.